The number of para-hydroxylation sites is 1. The Balaban J connectivity index is 0.00000225. The molecule has 5 heteroatoms. The van der Waals surface area contributed by atoms with E-state index in [0.717, 1.165) is 47.5 Å². The molecule has 1 amide bonds. The maximum atomic E-state index is 12.8. The van der Waals surface area contributed by atoms with E-state index in [4.69, 9.17) is 4.74 Å². The molecule has 25 heavy (non-hydrogen) atoms. The zero-order valence-corrected chi connectivity index (χ0v) is 15.6. The summed E-state index contributed by atoms with van der Waals surface area (Å²) in [5.41, 5.74) is 4.14. The fourth-order valence-corrected chi connectivity index (χ4v) is 3.03. The normalized spacial score (nSPS) is 12.4. The van der Waals surface area contributed by atoms with E-state index in [1.54, 1.807) is 4.90 Å². The lowest BCUT2D eigenvalue weighted by atomic mass is 9.97. The molecule has 0 fully saturated rings. The van der Waals surface area contributed by atoms with Crippen LogP contribution >= 0.6 is 12.4 Å². The molecular formula is C20H25ClN2O2. The van der Waals surface area contributed by atoms with Crippen LogP contribution in [0.4, 0.5) is 5.69 Å². The Bertz CT molecular complexity index is 733. The Morgan fingerprint density at radius 2 is 2.00 bits per heavy atom. The van der Waals surface area contributed by atoms with E-state index in [1.165, 1.54) is 0 Å². The Morgan fingerprint density at radius 3 is 2.80 bits per heavy atom. The molecule has 1 N–H and O–H groups in total. The fraction of sp³-hybridized carbons (Fsp3) is 0.350. The molecule has 1 aliphatic heterocycles. The van der Waals surface area contributed by atoms with E-state index in [9.17, 15) is 4.79 Å². The monoisotopic (exact) mass is 360 g/mol. The first-order chi connectivity index (χ1) is 11.7. The van der Waals surface area contributed by atoms with Crippen LogP contribution in [-0.4, -0.2) is 37.6 Å². The first-order valence-corrected chi connectivity index (χ1v) is 8.46. The summed E-state index contributed by atoms with van der Waals surface area (Å²) in [6.07, 6.45) is 2.02. The van der Waals surface area contributed by atoms with Crippen molar-refractivity contribution in [1.29, 1.82) is 0 Å². The molecule has 0 spiro atoms. The maximum Gasteiger partial charge on any atom is 0.254 e. The SMILES string of the molecule is Cc1ccccc1OCCN(C)C(=O)c1cccc2c1CCCN2.Cl. The summed E-state index contributed by atoms with van der Waals surface area (Å²) >= 11 is 0. The predicted molar refractivity (Wildman–Crippen MR) is 104 cm³/mol. The molecular weight excluding hydrogens is 336 g/mol. The summed E-state index contributed by atoms with van der Waals surface area (Å²) in [4.78, 5) is 14.5. The number of ether oxygens (including phenoxy) is 1. The Morgan fingerprint density at radius 1 is 1.20 bits per heavy atom. The van der Waals surface area contributed by atoms with Gasteiger partial charge in [0.2, 0.25) is 0 Å². The number of carbonyl (C=O) groups excluding carboxylic acids is 1. The number of fused-ring (bicyclic) bond motifs is 1. The number of nitrogens with one attached hydrogen (secondary N) is 1. The van der Waals surface area contributed by atoms with Crippen LogP contribution in [-0.2, 0) is 6.42 Å². The number of rotatable bonds is 5. The van der Waals surface area contributed by atoms with Crippen molar-refractivity contribution < 1.29 is 9.53 Å². The molecule has 0 unspecified atom stereocenters. The Hall–Kier alpha value is -2.20. The van der Waals surface area contributed by atoms with Crippen molar-refractivity contribution in [3.63, 3.8) is 0 Å². The zero-order valence-electron chi connectivity index (χ0n) is 14.7. The molecule has 4 nitrogen and oxygen atoms in total. The molecule has 0 saturated carbocycles. The van der Waals surface area contributed by atoms with Gasteiger partial charge in [0.05, 0.1) is 6.54 Å². The predicted octanol–water partition coefficient (Wildman–Crippen LogP) is 3.93. The topological polar surface area (TPSA) is 41.6 Å². The highest BCUT2D eigenvalue weighted by atomic mass is 35.5. The van der Waals surface area contributed by atoms with E-state index in [-0.39, 0.29) is 18.3 Å². The van der Waals surface area contributed by atoms with Gasteiger partial charge in [-0.3, -0.25) is 4.79 Å². The van der Waals surface area contributed by atoms with E-state index in [2.05, 4.69) is 5.32 Å². The van der Waals surface area contributed by atoms with Crippen LogP contribution < -0.4 is 10.1 Å². The van der Waals surface area contributed by atoms with Crippen LogP contribution in [0.5, 0.6) is 5.75 Å². The molecule has 2 aromatic carbocycles. The minimum Gasteiger partial charge on any atom is -0.491 e. The number of amides is 1. The van der Waals surface area contributed by atoms with Crippen LogP contribution in [0.25, 0.3) is 0 Å². The molecule has 0 radical (unpaired) electrons. The summed E-state index contributed by atoms with van der Waals surface area (Å²) in [7, 11) is 1.83. The van der Waals surface area contributed by atoms with E-state index in [1.807, 2.05) is 56.4 Å². The lowest BCUT2D eigenvalue weighted by Gasteiger charge is -2.23. The number of aryl methyl sites for hydroxylation is 1. The number of benzene rings is 2. The van der Waals surface area contributed by atoms with Crippen LogP contribution in [0.15, 0.2) is 42.5 Å². The summed E-state index contributed by atoms with van der Waals surface area (Å²) in [6, 6.07) is 13.8. The maximum absolute atomic E-state index is 12.8. The molecule has 3 rings (SSSR count). The minimum atomic E-state index is 0. The van der Waals surface area contributed by atoms with E-state index in [0.29, 0.717) is 13.2 Å². The van der Waals surface area contributed by atoms with E-state index >= 15 is 0 Å². The second kappa shape index (κ2) is 8.77. The second-order valence-electron chi connectivity index (χ2n) is 6.20. The number of halogens is 1. The third-order valence-corrected chi connectivity index (χ3v) is 4.45. The first-order valence-electron chi connectivity index (χ1n) is 8.46. The average Bonchev–Trinajstić information content (AvgIpc) is 2.62. The van der Waals surface area contributed by atoms with Gasteiger partial charge in [0.15, 0.2) is 0 Å². The van der Waals surface area contributed by atoms with Crippen LogP contribution in [0.3, 0.4) is 0 Å². The van der Waals surface area contributed by atoms with Gasteiger partial charge < -0.3 is 15.0 Å². The van der Waals surface area contributed by atoms with Crippen molar-refractivity contribution in [2.24, 2.45) is 0 Å². The van der Waals surface area contributed by atoms with Crippen LogP contribution in [0.2, 0.25) is 0 Å². The fourth-order valence-electron chi connectivity index (χ4n) is 3.03. The minimum absolute atomic E-state index is 0. The van der Waals surface area contributed by atoms with Crippen molar-refractivity contribution in [2.45, 2.75) is 19.8 Å². The quantitative estimate of drug-likeness (QED) is 0.878. The van der Waals surface area contributed by atoms with Gasteiger partial charge >= 0.3 is 0 Å². The van der Waals surface area contributed by atoms with Gasteiger partial charge in [0, 0.05) is 24.8 Å². The number of hydrogen-bond donors (Lipinski definition) is 1. The van der Waals surface area contributed by atoms with Crippen LogP contribution in [0, 0.1) is 6.92 Å². The molecule has 1 heterocycles. The summed E-state index contributed by atoms with van der Waals surface area (Å²) in [6.45, 7) is 4.04. The number of hydrogen-bond acceptors (Lipinski definition) is 3. The molecule has 1 aliphatic rings. The molecule has 0 saturated heterocycles. The van der Waals surface area contributed by atoms with Crippen molar-refractivity contribution >= 4 is 24.0 Å². The summed E-state index contributed by atoms with van der Waals surface area (Å²) < 4.78 is 5.80. The number of likely N-dealkylation sites (N-methyl/N-ethyl adjacent to an activating group) is 1. The number of nitrogens with zero attached hydrogens (tertiary/aromatic N) is 1. The third kappa shape index (κ3) is 4.45. The standard InChI is InChI=1S/C20H24N2O2.ClH/c1-15-7-3-4-11-19(15)24-14-13-22(2)20(23)17-8-5-10-18-16(17)9-6-12-21-18;/h3-5,7-8,10-11,21H,6,9,12-14H2,1-2H3;1H. The van der Waals surface area contributed by atoms with Gasteiger partial charge in [-0.05, 0) is 49.1 Å². The van der Waals surface area contributed by atoms with Crippen LogP contribution in [0.1, 0.15) is 27.9 Å². The number of anilines is 1. The summed E-state index contributed by atoms with van der Waals surface area (Å²) in [5.74, 6) is 0.934. The average molecular weight is 361 g/mol. The highest BCUT2D eigenvalue weighted by molar-refractivity contribution is 5.97. The van der Waals surface area contributed by atoms with E-state index < -0.39 is 0 Å². The van der Waals surface area contributed by atoms with Gasteiger partial charge in [0.25, 0.3) is 5.91 Å². The summed E-state index contributed by atoms with van der Waals surface area (Å²) in [5, 5.41) is 3.37. The first kappa shape index (κ1) is 19.1. The van der Waals surface area contributed by atoms with Crippen molar-refractivity contribution in [3.8, 4) is 5.75 Å². The smallest absolute Gasteiger partial charge is 0.254 e. The molecule has 0 atom stereocenters. The van der Waals surface area contributed by atoms with Crippen molar-refractivity contribution in [2.75, 3.05) is 32.1 Å². The second-order valence-corrected chi connectivity index (χ2v) is 6.20. The van der Waals surface area contributed by atoms with Crippen molar-refractivity contribution in [1.82, 2.24) is 4.90 Å². The highest BCUT2D eigenvalue weighted by Gasteiger charge is 2.19. The third-order valence-electron chi connectivity index (χ3n) is 4.45. The Kier molecular flexibility index (Phi) is 6.71. The largest absolute Gasteiger partial charge is 0.491 e. The zero-order chi connectivity index (χ0) is 16.9. The lowest BCUT2D eigenvalue weighted by Crippen LogP contribution is -2.32. The number of carbonyl (C=O) groups is 1. The Labute approximate surface area is 155 Å². The van der Waals surface area contributed by atoms with Gasteiger partial charge in [0.1, 0.15) is 12.4 Å². The lowest BCUT2D eigenvalue weighted by molar-refractivity contribution is 0.0772. The van der Waals surface area contributed by atoms with Gasteiger partial charge in [-0.15, -0.1) is 12.4 Å². The molecule has 0 aliphatic carbocycles. The molecule has 0 aromatic heterocycles. The van der Waals surface area contributed by atoms with Gasteiger partial charge in [-0.25, -0.2) is 0 Å². The molecule has 2 aromatic rings. The molecule has 134 valence electrons. The van der Waals surface area contributed by atoms with Gasteiger partial charge in [-0.1, -0.05) is 24.3 Å². The van der Waals surface area contributed by atoms with Crippen molar-refractivity contribution in [3.05, 3.63) is 59.2 Å². The molecule has 0 bridgehead atoms. The van der Waals surface area contributed by atoms with Gasteiger partial charge in [-0.2, -0.15) is 0 Å². The highest BCUT2D eigenvalue weighted by Crippen LogP contribution is 2.26.